The highest BCUT2D eigenvalue weighted by molar-refractivity contribution is 6.41. The van der Waals surface area contributed by atoms with Gasteiger partial charge in [0, 0.05) is 23.7 Å². The van der Waals surface area contributed by atoms with E-state index in [-0.39, 0.29) is 17.1 Å². The SMILES string of the molecule is CNc1ccc2c(c1Cl)C(=O)c1ccccc1C2=O. The summed E-state index contributed by atoms with van der Waals surface area (Å²) in [6.07, 6.45) is 0. The van der Waals surface area contributed by atoms with Crippen molar-refractivity contribution in [3.8, 4) is 0 Å². The predicted molar refractivity (Wildman–Crippen MR) is 74.3 cm³/mol. The lowest BCUT2D eigenvalue weighted by molar-refractivity contribution is 0.0979. The molecule has 0 fully saturated rings. The maximum atomic E-state index is 12.5. The van der Waals surface area contributed by atoms with Gasteiger partial charge in [0.2, 0.25) is 0 Å². The van der Waals surface area contributed by atoms with Crippen molar-refractivity contribution in [2.75, 3.05) is 12.4 Å². The molecule has 0 spiro atoms. The molecule has 0 saturated carbocycles. The van der Waals surface area contributed by atoms with Crippen LogP contribution in [-0.4, -0.2) is 18.6 Å². The van der Waals surface area contributed by atoms with Gasteiger partial charge in [0.1, 0.15) is 0 Å². The van der Waals surface area contributed by atoms with E-state index in [2.05, 4.69) is 5.32 Å². The zero-order valence-electron chi connectivity index (χ0n) is 10.2. The minimum Gasteiger partial charge on any atom is -0.387 e. The van der Waals surface area contributed by atoms with Crippen molar-refractivity contribution >= 4 is 28.9 Å². The zero-order chi connectivity index (χ0) is 13.6. The third-order valence-electron chi connectivity index (χ3n) is 3.30. The first-order chi connectivity index (χ1) is 9.15. The molecule has 0 atom stereocenters. The van der Waals surface area contributed by atoms with Crippen LogP contribution in [0.2, 0.25) is 5.02 Å². The molecule has 94 valence electrons. The van der Waals surface area contributed by atoms with E-state index in [4.69, 9.17) is 11.6 Å². The molecule has 0 heterocycles. The number of rotatable bonds is 1. The van der Waals surface area contributed by atoms with E-state index >= 15 is 0 Å². The predicted octanol–water partition coefficient (Wildman–Crippen LogP) is 3.16. The van der Waals surface area contributed by atoms with Crippen LogP contribution >= 0.6 is 11.6 Å². The van der Waals surface area contributed by atoms with Crippen LogP contribution in [-0.2, 0) is 0 Å². The average Bonchev–Trinajstić information content (AvgIpc) is 2.44. The van der Waals surface area contributed by atoms with Crippen molar-refractivity contribution in [1.29, 1.82) is 0 Å². The summed E-state index contributed by atoms with van der Waals surface area (Å²) >= 11 is 6.22. The summed E-state index contributed by atoms with van der Waals surface area (Å²) in [5.41, 5.74) is 2.15. The quantitative estimate of drug-likeness (QED) is 0.739. The lowest BCUT2D eigenvalue weighted by Crippen LogP contribution is -2.21. The third kappa shape index (κ3) is 1.59. The molecule has 1 aliphatic carbocycles. The second-order valence-electron chi connectivity index (χ2n) is 4.30. The van der Waals surface area contributed by atoms with Crippen LogP contribution in [0.5, 0.6) is 0 Å². The number of fused-ring (bicyclic) bond motifs is 2. The van der Waals surface area contributed by atoms with Crippen molar-refractivity contribution in [3.63, 3.8) is 0 Å². The molecule has 1 aliphatic rings. The molecule has 0 unspecified atom stereocenters. The summed E-state index contributed by atoms with van der Waals surface area (Å²) < 4.78 is 0. The molecule has 3 nitrogen and oxygen atoms in total. The van der Waals surface area contributed by atoms with E-state index in [1.807, 2.05) is 0 Å². The van der Waals surface area contributed by atoms with Crippen LogP contribution in [0.25, 0.3) is 0 Å². The number of carbonyl (C=O) groups is 2. The van der Waals surface area contributed by atoms with Crippen LogP contribution in [0.1, 0.15) is 31.8 Å². The van der Waals surface area contributed by atoms with Gasteiger partial charge in [-0.05, 0) is 12.1 Å². The first kappa shape index (κ1) is 11.9. The highest BCUT2D eigenvalue weighted by Gasteiger charge is 2.31. The third-order valence-corrected chi connectivity index (χ3v) is 3.69. The standard InChI is InChI=1S/C15H10ClNO2/c1-17-11-7-6-10-12(13(11)16)15(19)9-5-3-2-4-8(9)14(10)18/h2-7,17H,1H3. The van der Waals surface area contributed by atoms with Crippen molar-refractivity contribution in [3.05, 3.63) is 63.7 Å². The van der Waals surface area contributed by atoms with E-state index in [1.165, 1.54) is 0 Å². The highest BCUT2D eigenvalue weighted by atomic mass is 35.5. The van der Waals surface area contributed by atoms with Gasteiger partial charge >= 0.3 is 0 Å². The maximum Gasteiger partial charge on any atom is 0.196 e. The summed E-state index contributed by atoms with van der Waals surface area (Å²) in [6.45, 7) is 0. The molecule has 3 rings (SSSR count). The summed E-state index contributed by atoms with van der Waals surface area (Å²) in [5.74, 6) is -0.359. The van der Waals surface area contributed by atoms with Gasteiger partial charge < -0.3 is 5.32 Å². The Balaban J connectivity index is 2.33. The van der Waals surface area contributed by atoms with Gasteiger partial charge in [-0.3, -0.25) is 9.59 Å². The Morgan fingerprint density at radius 1 is 0.895 bits per heavy atom. The molecule has 0 saturated heterocycles. The molecule has 2 aromatic rings. The Morgan fingerprint density at radius 3 is 2.16 bits per heavy atom. The van der Waals surface area contributed by atoms with Gasteiger partial charge in [0.25, 0.3) is 0 Å². The van der Waals surface area contributed by atoms with Crippen LogP contribution in [0.15, 0.2) is 36.4 Å². The summed E-state index contributed by atoms with van der Waals surface area (Å²) in [5, 5.41) is 3.21. The number of hydrogen-bond acceptors (Lipinski definition) is 3. The molecule has 2 aromatic carbocycles. The van der Waals surface area contributed by atoms with Crippen molar-refractivity contribution in [1.82, 2.24) is 0 Å². The number of halogens is 1. The summed E-state index contributed by atoms with van der Waals surface area (Å²) in [6, 6.07) is 10.2. The normalized spacial score (nSPS) is 12.9. The van der Waals surface area contributed by atoms with Gasteiger partial charge in [-0.1, -0.05) is 35.9 Å². The molecule has 0 amide bonds. The second-order valence-corrected chi connectivity index (χ2v) is 4.68. The van der Waals surface area contributed by atoms with Gasteiger partial charge in [-0.2, -0.15) is 0 Å². The van der Waals surface area contributed by atoms with Crippen LogP contribution < -0.4 is 5.32 Å². The van der Waals surface area contributed by atoms with Gasteiger partial charge in [-0.15, -0.1) is 0 Å². The van der Waals surface area contributed by atoms with Crippen LogP contribution in [0.4, 0.5) is 5.69 Å². The van der Waals surface area contributed by atoms with E-state index in [0.717, 1.165) is 0 Å². The molecule has 1 N–H and O–H groups in total. The average molecular weight is 272 g/mol. The van der Waals surface area contributed by atoms with Crippen LogP contribution in [0.3, 0.4) is 0 Å². The minimum absolute atomic E-state index is 0.158. The highest BCUT2D eigenvalue weighted by Crippen LogP contribution is 2.35. The summed E-state index contributed by atoms with van der Waals surface area (Å²) in [4.78, 5) is 24.9. The van der Waals surface area contributed by atoms with Gasteiger partial charge in [0.05, 0.1) is 16.3 Å². The fourth-order valence-electron chi connectivity index (χ4n) is 2.34. The molecule has 19 heavy (non-hydrogen) atoms. The van der Waals surface area contributed by atoms with E-state index in [9.17, 15) is 9.59 Å². The zero-order valence-corrected chi connectivity index (χ0v) is 10.9. The molecule has 4 heteroatoms. The molecular weight excluding hydrogens is 262 g/mol. The van der Waals surface area contributed by atoms with Gasteiger partial charge in [-0.25, -0.2) is 0 Å². The molecule has 0 aliphatic heterocycles. The van der Waals surface area contributed by atoms with E-state index in [0.29, 0.717) is 27.4 Å². The number of anilines is 1. The fraction of sp³-hybridized carbons (Fsp3) is 0.0667. The lowest BCUT2D eigenvalue weighted by atomic mass is 9.84. The number of ketones is 2. The molecular formula is C15H10ClNO2. The number of benzene rings is 2. The minimum atomic E-state index is -0.202. The number of nitrogens with one attached hydrogen (secondary N) is 1. The Morgan fingerprint density at radius 2 is 1.53 bits per heavy atom. The second kappa shape index (κ2) is 4.21. The van der Waals surface area contributed by atoms with Crippen LogP contribution in [0, 0.1) is 0 Å². The summed E-state index contributed by atoms with van der Waals surface area (Å²) in [7, 11) is 1.72. The van der Waals surface area contributed by atoms with Crippen molar-refractivity contribution in [2.24, 2.45) is 0 Å². The van der Waals surface area contributed by atoms with Crippen molar-refractivity contribution in [2.45, 2.75) is 0 Å². The first-order valence-corrected chi connectivity index (χ1v) is 6.21. The Kier molecular flexibility index (Phi) is 2.64. The Labute approximate surface area is 115 Å². The smallest absolute Gasteiger partial charge is 0.196 e. The maximum absolute atomic E-state index is 12.5. The Bertz CT molecular complexity index is 722. The molecule has 0 radical (unpaired) electrons. The topological polar surface area (TPSA) is 46.2 Å². The monoisotopic (exact) mass is 271 g/mol. The largest absolute Gasteiger partial charge is 0.387 e. The van der Waals surface area contributed by atoms with Crippen molar-refractivity contribution < 1.29 is 9.59 Å². The molecule has 0 bridgehead atoms. The van der Waals surface area contributed by atoms with Gasteiger partial charge in [0.15, 0.2) is 11.6 Å². The molecule has 0 aromatic heterocycles. The Hall–Kier alpha value is -2.13. The van der Waals surface area contributed by atoms with E-state index < -0.39 is 0 Å². The fourth-order valence-corrected chi connectivity index (χ4v) is 2.68. The van der Waals surface area contributed by atoms with E-state index in [1.54, 1.807) is 43.4 Å². The number of carbonyl (C=O) groups excluding carboxylic acids is 2. The number of hydrogen-bond donors (Lipinski definition) is 1. The lowest BCUT2D eigenvalue weighted by Gasteiger charge is -2.19. The first-order valence-electron chi connectivity index (χ1n) is 5.84.